The Morgan fingerprint density at radius 2 is 1.46 bits per heavy atom. The Morgan fingerprint density at radius 3 is 2.12 bits per heavy atom. The predicted octanol–water partition coefficient (Wildman–Crippen LogP) is 7.15. The molecule has 2 saturated heterocycles. The number of ether oxygens (including phenoxy) is 7. The fourth-order valence-corrected chi connectivity index (χ4v) is 10.7. The molecule has 448 valence electrons. The van der Waals surface area contributed by atoms with Crippen LogP contribution in [0.5, 0.6) is 5.75 Å². The van der Waals surface area contributed by atoms with Gasteiger partial charge in [-0.3, -0.25) is 19.1 Å². The van der Waals surface area contributed by atoms with Crippen LogP contribution in [0.25, 0.3) is 21.6 Å². The van der Waals surface area contributed by atoms with Gasteiger partial charge in [-0.05, 0) is 67.3 Å². The van der Waals surface area contributed by atoms with E-state index in [2.05, 4.69) is 35.9 Å². The van der Waals surface area contributed by atoms with Gasteiger partial charge in [-0.1, -0.05) is 68.2 Å². The standard InChI is InChI=1S/C58H79Cl2FN10O10S/c1-40-53(82-39-66-40)42-9-7-41(8-10-42)33-65-56(73)49-6-5-17-70(49)57(74)54(58(2,3)4)68-51(72)38-80-31-30-79-28-25-76-22-16-63-15-21-75-24-27-78-29-26-77-23-20-69-18-13-45(14-19-69)71-36-44(35-67-71)43-32-50(55(62)64-34-43)81-37-46-47(59)11-12-48(61)52(46)60/h7-12,32,34-36,39,45,49,54,63H,5-6,13-31,33,37-38H2,1-4H3,(H2,62,64)(H,65,73)(H,68,72). The summed E-state index contributed by atoms with van der Waals surface area (Å²) in [4.78, 5) is 54.0. The summed E-state index contributed by atoms with van der Waals surface area (Å²) >= 11 is 13.9. The number of carbonyl (C=O) groups is 3. The topological polar surface area (TPSA) is 228 Å². The molecule has 5 heterocycles. The summed E-state index contributed by atoms with van der Waals surface area (Å²) in [6.07, 6.45) is 8.66. The number of aryl methyl sites for hydroxylation is 1. The van der Waals surface area contributed by atoms with Crippen LogP contribution in [0.3, 0.4) is 0 Å². The highest BCUT2D eigenvalue weighted by molar-refractivity contribution is 7.13. The summed E-state index contributed by atoms with van der Waals surface area (Å²) in [6.45, 7) is 17.2. The third kappa shape index (κ3) is 19.9. The molecule has 20 nitrogen and oxygen atoms in total. The zero-order valence-corrected chi connectivity index (χ0v) is 49.8. The maximum Gasteiger partial charge on any atom is 0.246 e. The maximum atomic E-state index is 14.0. The summed E-state index contributed by atoms with van der Waals surface area (Å²) in [5, 5.41) is 14.0. The number of piperidine rings is 1. The summed E-state index contributed by atoms with van der Waals surface area (Å²) in [6, 6.07) is 11.3. The number of hydrogen-bond acceptors (Lipinski definition) is 17. The molecule has 24 heteroatoms. The molecule has 0 spiro atoms. The summed E-state index contributed by atoms with van der Waals surface area (Å²) in [7, 11) is 0. The smallest absolute Gasteiger partial charge is 0.246 e. The number of nitrogen functional groups attached to an aromatic ring is 1. The highest BCUT2D eigenvalue weighted by atomic mass is 35.5. The molecular weight excluding hydrogens is 1120 g/mol. The van der Waals surface area contributed by atoms with Crippen LogP contribution < -0.4 is 26.4 Å². The first-order valence-electron chi connectivity index (χ1n) is 28.0. The molecule has 3 aromatic heterocycles. The number of nitrogens with one attached hydrogen (secondary N) is 3. The van der Waals surface area contributed by atoms with Crippen molar-refractivity contribution in [3.8, 4) is 27.3 Å². The van der Waals surface area contributed by atoms with Crippen LogP contribution in [0.15, 0.2) is 66.6 Å². The predicted molar refractivity (Wildman–Crippen MR) is 313 cm³/mol. The van der Waals surface area contributed by atoms with Gasteiger partial charge in [0.05, 0.1) is 106 Å². The largest absolute Gasteiger partial charge is 0.485 e. The molecule has 0 bridgehead atoms. The number of likely N-dealkylation sites (tertiary alicyclic amines) is 2. The molecule has 2 atom stereocenters. The number of nitrogens with two attached hydrogens (primary N) is 1. The normalized spacial score (nSPS) is 15.5. The van der Waals surface area contributed by atoms with E-state index in [1.807, 2.05) is 68.3 Å². The molecule has 82 heavy (non-hydrogen) atoms. The van der Waals surface area contributed by atoms with Crippen LogP contribution in [-0.4, -0.2) is 178 Å². The minimum Gasteiger partial charge on any atom is -0.485 e. The van der Waals surface area contributed by atoms with E-state index in [1.165, 1.54) is 12.1 Å². The lowest BCUT2D eigenvalue weighted by Gasteiger charge is -2.35. The highest BCUT2D eigenvalue weighted by Crippen LogP contribution is 2.33. The van der Waals surface area contributed by atoms with Gasteiger partial charge in [0, 0.05) is 79.9 Å². The van der Waals surface area contributed by atoms with Crippen LogP contribution in [-0.2, 0) is 56.0 Å². The van der Waals surface area contributed by atoms with Gasteiger partial charge in [-0.2, -0.15) is 5.10 Å². The molecule has 0 saturated carbocycles. The SMILES string of the molecule is Cc1ncsc1-c1ccc(CNC(=O)C2CCCN2C(=O)C(NC(=O)COCCOCCOCCNCCOCCOCCOCCN2CCC(n3cc(-c4cnc(N)c(OCc5c(Cl)ccc(F)c5Cl)c4)cn3)CC2)C(C)(C)C)cc1. The van der Waals surface area contributed by atoms with E-state index in [4.69, 9.17) is 62.1 Å². The first-order valence-corrected chi connectivity index (χ1v) is 29.6. The lowest BCUT2D eigenvalue weighted by atomic mass is 9.85. The Bertz CT molecular complexity index is 2780. The van der Waals surface area contributed by atoms with Gasteiger partial charge in [0.1, 0.15) is 31.1 Å². The van der Waals surface area contributed by atoms with Crippen molar-refractivity contribution >= 4 is 58.1 Å². The van der Waals surface area contributed by atoms with Crippen molar-refractivity contribution in [2.75, 3.05) is 124 Å². The van der Waals surface area contributed by atoms with Crippen LogP contribution in [0.2, 0.25) is 10.0 Å². The molecule has 0 radical (unpaired) electrons. The van der Waals surface area contributed by atoms with Gasteiger partial charge in [-0.25, -0.2) is 14.4 Å². The first kappa shape index (κ1) is 64.2. The average molecular weight is 1200 g/mol. The second kappa shape index (κ2) is 33.2. The number of rotatable bonds is 34. The molecule has 2 unspecified atom stereocenters. The van der Waals surface area contributed by atoms with Crippen molar-refractivity contribution < 1.29 is 51.9 Å². The van der Waals surface area contributed by atoms with E-state index in [0.29, 0.717) is 115 Å². The van der Waals surface area contributed by atoms with E-state index < -0.39 is 29.2 Å². The molecule has 2 aliphatic rings. The number of thiazole rings is 1. The highest BCUT2D eigenvalue weighted by Gasteiger charge is 2.42. The molecular formula is C58H79Cl2FN10O10S. The van der Waals surface area contributed by atoms with Crippen LogP contribution in [0.4, 0.5) is 10.2 Å². The third-order valence-corrected chi connectivity index (χ3v) is 15.8. The zero-order chi connectivity index (χ0) is 58.3. The van der Waals surface area contributed by atoms with Crippen molar-refractivity contribution in [2.45, 2.75) is 84.7 Å². The number of halogens is 3. The molecule has 5 N–H and O–H groups in total. The summed E-state index contributed by atoms with van der Waals surface area (Å²) in [5.74, 6) is -0.956. The molecule has 7 rings (SSSR count). The number of nitrogens with zero attached hydrogens (tertiary/aromatic N) is 6. The lowest BCUT2D eigenvalue weighted by Crippen LogP contribution is -2.58. The fourth-order valence-electron chi connectivity index (χ4n) is 9.41. The Kier molecular flexibility index (Phi) is 26.0. The van der Waals surface area contributed by atoms with Crippen molar-refractivity contribution in [3.05, 3.63) is 99.2 Å². The van der Waals surface area contributed by atoms with Gasteiger partial charge in [0.2, 0.25) is 17.7 Å². The molecule has 2 fully saturated rings. The van der Waals surface area contributed by atoms with E-state index in [-0.39, 0.29) is 55.1 Å². The number of anilines is 1. The third-order valence-electron chi connectivity index (χ3n) is 14.1. The molecule has 2 aliphatic heterocycles. The fraction of sp³-hybridized carbons (Fsp3) is 0.552. The Hall–Kier alpha value is -5.37. The maximum absolute atomic E-state index is 14.0. The van der Waals surface area contributed by atoms with Gasteiger partial charge in [0.15, 0.2) is 11.6 Å². The van der Waals surface area contributed by atoms with Gasteiger partial charge in [0.25, 0.3) is 0 Å². The summed E-state index contributed by atoms with van der Waals surface area (Å²) < 4.78 is 55.8. The number of pyridine rings is 1. The van der Waals surface area contributed by atoms with E-state index in [9.17, 15) is 18.8 Å². The number of aromatic nitrogens is 4. The molecule has 0 aliphatic carbocycles. The Labute approximate surface area is 494 Å². The van der Waals surface area contributed by atoms with Crippen molar-refractivity contribution in [3.63, 3.8) is 0 Å². The second-order valence-corrected chi connectivity index (χ2v) is 22.7. The Balaban J connectivity index is 0.629. The van der Waals surface area contributed by atoms with Crippen LogP contribution in [0.1, 0.15) is 69.3 Å². The monoisotopic (exact) mass is 1200 g/mol. The van der Waals surface area contributed by atoms with Gasteiger partial charge >= 0.3 is 0 Å². The number of benzene rings is 2. The van der Waals surface area contributed by atoms with Crippen molar-refractivity contribution in [2.24, 2.45) is 5.41 Å². The second-order valence-electron chi connectivity index (χ2n) is 21.1. The van der Waals surface area contributed by atoms with Crippen molar-refractivity contribution in [1.29, 1.82) is 0 Å². The van der Waals surface area contributed by atoms with Crippen LogP contribution >= 0.6 is 34.5 Å². The number of hydrogen-bond donors (Lipinski definition) is 4. The molecule has 5 aromatic rings. The summed E-state index contributed by atoms with van der Waals surface area (Å²) in [5.41, 5.74) is 12.3. The van der Waals surface area contributed by atoms with E-state index >= 15 is 0 Å². The molecule has 3 amide bonds. The van der Waals surface area contributed by atoms with E-state index in [0.717, 1.165) is 65.3 Å². The number of carbonyl (C=O) groups excluding carboxylic acids is 3. The quantitative estimate of drug-likeness (QED) is 0.0237. The van der Waals surface area contributed by atoms with Gasteiger partial charge in [-0.15, -0.1) is 11.3 Å². The number of amides is 3. The minimum absolute atomic E-state index is 0.0693. The van der Waals surface area contributed by atoms with Crippen molar-refractivity contribution in [1.82, 2.24) is 45.5 Å². The lowest BCUT2D eigenvalue weighted by molar-refractivity contribution is -0.144. The molecule has 2 aromatic carbocycles. The zero-order valence-electron chi connectivity index (χ0n) is 47.4. The van der Waals surface area contributed by atoms with E-state index in [1.54, 1.807) is 34.7 Å². The average Bonchev–Trinajstić information content (AvgIpc) is 4.30. The Morgan fingerprint density at radius 1 is 0.805 bits per heavy atom. The van der Waals surface area contributed by atoms with Crippen LogP contribution in [0, 0.1) is 18.2 Å². The minimum atomic E-state index is -0.840. The van der Waals surface area contributed by atoms with Gasteiger partial charge < -0.3 is 64.6 Å². The first-order chi connectivity index (χ1) is 39.7.